The van der Waals surface area contributed by atoms with Crippen molar-refractivity contribution in [1.82, 2.24) is 9.80 Å². The van der Waals surface area contributed by atoms with Crippen molar-refractivity contribution >= 4 is 41.0 Å². The Balaban J connectivity index is 1.42. The van der Waals surface area contributed by atoms with Crippen LogP contribution in [0.15, 0.2) is 18.2 Å². The minimum Gasteiger partial charge on any atom is -0.458 e. The molecule has 4 aliphatic heterocycles. The largest absolute Gasteiger partial charge is 0.458 e. The summed E-state index contributed by atoms with van der Waals surface area (Å²) in [4.78, 5) is 48.3. The first-order valence-electron chi connectivity index (χ1n) is 24.3. The average molecular weight is 970 g/mol. The SMILES string of the molecule is CC[C@H]1OC(=O)[C@H](C)[C@@H](O[C@H]2C[C@@](C)(OC)[C@@H](O)[C@H](C)O2)[C@H](C)[C@@H](O[C@H]2C[C@@H](N(C)C3CCC3)C[C@@H](C)O2)[C@@](C)(OC)C[C@@H](C)C(=O)[C@H](C)[C@H]2N(CCc3ccc(Cl)c(Cl)c3)C(=O)O[C@]12C. The number of rotatable bonds is 12. The van der Waals surface area contributed by atoms with Crippen molar-refractivity contribution in [2.45, 2.75) is 211 Å². The van der Waals surface area contributed by atoms with Crippen LogP contribution in [0, 0.1) is 23.7 Å². The number of carbonyl (C=O) groups excluding carboxylic acids is 3. The molecule has 1 N–H and O–H groups in total. The summed E-state index contributed by atoms with van der Waals surface area (Å²) < 4.78 is 52.4. The van der Waals surface area contributed by atoms with Crippen molar-refractivity contribution in [3.05, 3.63) is 33.8 Å². The molecule has 0 spiro atoms. The highest BCUT2D eigenvalue weighted by molar-refractivity contribution is 6.42. The number of methoxy groups -OCH3 is 2. The molecular weight excluding hydrogens is 891 g/mol. The second kappa shape index (κ2) is 21.5. The molecule has 17 atom stereocenters. The third-order valence-corrected chi connectivity index (χ3v) is 16.9. The highest BCUT2D eigenvalue weighted by Crippen LogP contribution is 2.45. The Morgan fingerprint density at radius 2 is 1.55 bits per heavy atom. The molecule has 0 bridgehead atoms. The summed E-state index contributed by atoms with van der Waals surface area (Å²) in [5.74, 6) is -3.59. The highest BCUT2D eigenvalue weighted by atomic mass is 35.5. The summed E-state index contributed by atoms with van der Waals surface area (Å²) in [6.07, 6.45) is -0.382. The van der Waals surface area contributed by atoms with Crippen molar-refractivity contribution in [3.63, 3.8) is 0 Å². The number of aliphatic hydroxyl groups is 1. The van der Waals surface area contributed by atoms with Gasteiger partial charge in [-0.1, -0.05) is 63.4 Å². The van der Waals surface area contributed by atoms with Crippen LogP contribution in [0.25, 0.3) is 0 Å². The van der Waals surface area contributed by atoms with E-state index in [1.807, 2.05) is 47.6 Å². The van der Waals surface area contributed by atoms with Gasteiger partial charge in [-0.15, -0.1) is 0 Å². The number of fused-ring (bicyclic) bond motifs is 1. The van der Waals surface area contributed by atoms with Gasteiger partial charge in [-0.3, -0.25) is 14.5 Å². The summed E-state index contributed by atoms with van der Waals surface area (Å²) in [5, 5.41) is 12.0. The Morgan fingerprint density at radius 3 is 2.15 bits per heavy atom. The van der Waals surface area contributed by atoms with Crippen molar-refractivity contribution in [2.24, 2.45) is 23.7 Å². The second-order valence-corrected chi connectivity index (χ2v) is 21.6. The standard InChI is InChI=1S/C50H78Cl2N2O12/c1-14-38-50(10)43(54(47(58)66-50)21-20-33-18-19-36(51)37(52)23-33)29(4)41(55)27(2)25-49(9,60-13)45(65-39-24-35(22-28(3)61-39)53(11)34-16-15-17-34)30(5)42(31(6)46(57)63-38)64-40-26-48(8,59-12)44(56)32(7)62-40/h18-19,23,27-32,34-35,38-40,42-45,56H,14-17,20-22,24-26H2,1-13H3/t27-,28-,29+,30+,31-,32+,35+,38-,39+,40+,42+,43-,44+,45-,48-,49+,50-/m1/s1. The summed E-state index contributed by atoms with van der Waals surface area (Å²) in [6, 6.07) is 5.25. The smallest absolute Gasteiger partial charge is 0.410 e. The highest BCUT2D eigenvalue weighted by Gasteiger charge is 2.61. The number of ketones is 1. The zero-order valence-electron chi connectivity index (χ0n) is 41.6. The molecule has 66 heavy (non-hydrogen) atoms. The second-order valence-electron chi connectivity index (χ2n) is 20.8. The fraction of sp³-hybridized carbons (Fsp3) is 0.820. The van der Waals surface area contributed by atoms with Crippen LogP contribution in [0.3, 0.4) is 0 Å². The van der Waals surface area contributed by atoms with Crippen molar-refractivity contribution < 1.29 is 57.4 Å². The van der Waals surface area contributed by atoms with Crippen molar-refractivity contribution in [3.8, 4) is 0 Å². The molecule has 5 fully saturated rings. The zero-order chi connectivity index (χ0) is 48.6. The van der Waals surface area contributed by atoms with Gasteiger partial charge in [0.1, 0.15) is 18.0 Å². The van der Waals surface area contributed by atoms with Crippen LogP contribution in [0.4, 0.5) is 4.79 Å². The molecule has 14 nitrogen and oxygen atoms in total. The summed E-state index contributed by atoms with van der Waals surface area (Å²) >= 11 is 12.6. The monoisotopic (exact) mass is 968 g/mol. The first-order chi connectivity index (χ1) is 31.0. The molecule has 6 rings (SSSR count). The van der Waals surface area contributed by atoms with E-state index in [0.29, 0.717) is 28.9 Å². The first-order valence-corrected chi connectivity index (χ1v) is 25.1. The average Bonchev–Trinajstić information content (AvgIpc) is 3.52. The van der Waals surface area contributed by atoms with E-state index in [2.05, 4.69) is 18.9 Å². The van der Waals surface area contributed by atoms with Gasteiger partial charge in [0.2, 0.25) is 0 Å². The minimum atomic E-state index is -1.42. The molecular formula is C50H78Cl2N2O12. The molecule has 4 saturated heterocycles. The number of cyclic esters (lactones) is 1. The normalized spacial score (nSPS) is 42.1. The fourth-order valence-corrected chi connectivity index (χ4v) is 12.1. The van der Waals surface area contributed by atoms with E-state index >= 15 is 4.79 Å². The van der Waals surface area contributed by atoms with Gasteiger partial charge in [0.05, 0.1) is 57.6 Å². The van der Waals surface area contributed by atoms with E-state index in [4.69, 9.17) is 61.1 Å². The summed E-state index contributed by atoms with van der Waals surface area (Å²) in [6.45, 7) is 18.9. The van der Waals surface area contributed by atoms with Gasteiger partial charge in [0, 0.05) is 63.4 Å². The molecule has 0 radical (unpaired) electrons. The van der Waals surface area contributed by atoms with Gasteiger partial charge in [-0.2, -0.15) is 0 Å². The quantitative estimate of drug-likeness (QED) is 0.200. The molecule has 1 aromatic rings. The van der Waals surface area contributed by atoms with E-state index < -0.39 is 102 Å². The predicted octanol–water partition coefficient (Wildman–Crippen LogP) is 8.41. The van der Waals surface area contributed by atoms with Crippen LogP contribution in [0.5, 0.6) is 0 Å². The summed E-state index contributed by atoms with van der Waals surface area (Å²) in [7, 11) is 5.36. The molecule has 5 aliphatic rings. The maximum Gasteiger partial charge on any atom is 0.410 e. The topological polar surface area (TPSA) is 152 Å². The van der Waals surface area contributed by atoms with Crippen LogP contribution in [-0.2, 0) is 53.9 Å². The van der Waals surface area contributed by atoms with Crippen molar-refractivity contribution in [1.29, 1.82) is 0 Å². The molecule has 1 saturated carbocycles. The molecule has 1 amide bonds. The lowest BCUT2D eigenvalue weighted by Gasteiger charge is -2.50. The Morgan fingerprint density at radius 1 is 0.864 bits per heavy atom. The molecule has 0 aromatic heterocycles. The molecule has 1 aliphatic carbocycles. The van der Waals surface area contributed by atoms with Crippen LogP contribution in [0.2, 0.25) is 10.0 Å². The summed E-state index contributed by atoms with van der Waals surface area (Å²) in [5.41, 5.74) is -2.73. The van der Waals surface area contributed by atoms with Crippen LogP contribution < -0.4 is 0 Å². The third-order valence-electron chi connectivity index (χ3n) is 16.2. The van der Waals surface area contributed by atoms with E-state index in [0.717, 1.165) is 12.0 Å². The lowest BCUT2D eigenvalue weighted by atomic mass is 9.73. The van der Waals surface area contributed by atoms with Crippen LogP contribution in [-0.4, -0.2) is 145 Å². The lowest BCUT2D eigenvalue weighted by Crippen LogP contribution is -2.60. The number of aliphatic hydroxyl groups excluding tert-OH is 1. The Labute approximate surface area is 403 Å². The number of halogens is 2. The zero-order valence-corrected chi connectivity index (χ0v) is 43.1. The number of Topliss-reactive ketones (excluding diaryl/α,β-unsaturated/α-hetero) is 1. The molecule has 4 heterocycles. The molecule has 0 unspecified atom stereocenters. The number of amides is 1. The lowest BCUT2D eigenvalue weighted by molar-refractivity contribution is -0.309. The van der Waals surface area contributed by atoms with Gasteiger partial charge in [0.25, 0.3) is 0 Å². The molecule has 1 aromatic carbocycles. The van der Waals surface area contributed by atoms with Gasteiger partial charge in [0.15, 0.2) is 18.2 Å². The number of ether oxygens (including phenoxy) is 8. The molecule has 16 heteroatoms. The van der Waals surface area contributed by atoms with E-state index in [-0.39, 0.29) is 43.7 Å². The number of hydrogen-bond donors (Lipinski definition) is 1. The van der Waals surface area contributed by atoms with Gasteiger partial charge >= 0.3 is 12.1 Å². The van der Waals surface area contributed by atoms with E-state index in [1.54, 1.807) is 52.0 Å². The number of hydrogen-bond acceptors (Lipinski definition) is 13. The van der Waals surface area contributed by atoms with Crippen LogP contribution >= 0.6 is 23.2 Å². The van der Waals surface area contributed by atoms with Crippen molar-refractivity contribution in [2.75, 3.05) is 27.8 Å². The Hall–Kier alpha value is -2.11. The van der Waals surface area contributed by atoms with Gasteiger partial charge < -0.3 is 47.9 Å². The minimum absolute atomic E-state index is 0.0901. The number of carbonyl (C=O) groups is 3. The Bertz CT molecular complexity index is 1860. The van der Waals surface area contributed by atoms with Gasteiger partial charge in [-0.25, -0.2) is 4.79 Å². The Kier molecular flexibility index (Phi) is 17.3. The number of nitrogens with zero attached hydrogens (tertiary/aromatic N) is 2. The number of esters is 1. The molecule has 374 valence electrons. The van der Waals surface area contributed by atoms with Gasteiger partial charge in [-0.05, 0) is 105 Å². The predicted molar refractivity (Wildman–Crippen MR) is 250 cm³/mol. The van der Waals surface area contributed by atoms with E-state index in [9.17, 15) is 14.7 Å². The first kappa shape index (κ1) is 53.2. The maximum atomic E-state index is 15.1. The fourth-order valence-electron chi connectivity index (χ4n) is 11.8. The maximum absolute atomic E-state index is 15.1. The third kappa shape index (κ3) is 10.9. The van der Waals surface area contributed by atoms with E-state index in [1.165, 1.54) is 19.3 Å². The number of benzene rings is 1. The van der Waals surface area contributed by atoms with Crippen LogP contribution in [0.1, 0.15) is 126 Å².